The molecule has 1 amide bonds. The number of rotatable bonds is 5. The lowest BCUT2D eigenvalue weighted by Crippen LogP contribution is -2.21. The topological polar surface area (TPSA) is 58.4 Å². The Morgan fingerprint density at radius 2 is 1.76 bits per heavy atom. The summed E-state index contributed by atoms with van der Waals surface area (Å²) < 4.78 is 0. The molecule has 0 radical (unpaired) electrons. The highest BCUT2D eigenvalue weighted by Gasteiger charge is 2.07. The summed E-state index contributed by atoms with van der Waals surface area (Å²) in [5, 5.41) is 2.87. The highest BCUT2D eigenvalue weighted by Crippen LogP contribution is 2.18. The van der Waals surface area contributed by atoms with Gasteiger partial charge < -0.3 is 16.0 Å². The number of benzene rings is 2. The number of nitrogens with one attached hydrogen (secondary N) is 1. The van der Waals surface area contributed by atoms with Gasteiger partial charge in [-0.15, -0.1) is 0 Å². The van der Waals surface area contributed by atoms with Gasteiger partial charge >= 0.3 is 0 Å². The van der Waals surface area contributed by atoms with Crippen molar-refractivity contribution >= 4 is 23.0 Å². The van der Waals surface area contributed by atoms with E-state index < -0.39 is 0 Å². The van der Waals surface area contributed by atoms with Gasteiger partial charge in [-0.3, -0.25) is 4.79 Å². The van der Waals surface area contributed by atoms with Gasteiger partial charge in [0, 0.05) is 35.7 Å². The Balaban J connectivity index is 2.08. The van der Waals surface area contributed by atoms with Gasteiger partial charge in [-0.05, 0) is 56.3 Å². The fourth-order valence-electron chi connectivity index (χ4n) is 2.23. The van der Waals surface area contributed by atoms with Crippen LogP contribution in [0.1, 0.15) is 24.2 Å². The second-order valence-electron chi connectivity index (χ2n) is 4.80. The number of amides is 1. The molecule has 4 nitrogen and oxygen atoms in total. The van der Waals surface area contributed by atoms with Gasteiger partial charge in [0.15, 0.2) is 0 Å². The van der Waals surface area contributed by atoms with Gasteiger partial charge in [0.05, 0.1) is 0 Å². The molecule has 2 rings (SSSR count). The van der Waals surface area contributed by atoms with Crippen molar-refractivity contribution in [3.8, 4) is 0 Å². The van der Waals surface area contributed by atoms with Gasteiger partial charge in [0.25, 0.3) is 5.91 Å². The number of nitrogens with zero attached hydrogens (tertiary/aromatic N) is 1. The molecule has 2 aromatic carbocycles. The number of anilines is 3. The number of hydrogen-bond donors (Lipinski definition) is 2. The Morgan fingerprint density at radius 1 is 1.10 bits per heavy atom. The van der Waals surface area contributed by atoms with E-state index in [9.17, 15) is 4.79 Å². The van der Waals surface area contributed by atoms with Crippen molar-refractivity contribution < 1.29 is 4.79 Å². The maximum Gasteiger partial charge on any atom is 0.255 e. The zero-order chi connectivity index (χ0) is 15.2. The minimum atomic E-state index is -0.155. The number of nitrogens with two attached hydrogens (primary N) is 1. The summed E-state index contributed by atoms with van der Waals surface area (Å²) in [4.78, 5) is 14.4. The third-order valence-corrected chi connectivity index (χ3v) is 3.40. The molecule has 21 heavy (non-hydrogen) atoms. The largest absolute Gasteiger partial charge is 0.399 e. The Hall–Kier alpha value is -2.49. The van der Waals surface area contributed by atoms with E-state index in [4.69, 9.17) is 5.73 Å². The molecule has 0 aliphatic rings. The Kier molecular flexibility index (Phi) is 4.82. The Morgan fingerprint density at radius 3 is 2.33 bits per heavy atom. The molecule has 0 unspecified atom stereocenters. The molecule has 0 heterocycles. The SMILES string of the molecule is CCN(CC)c1ccc(NC(=O)c2cccc(N)c2)cc1. The minimum absolute atomic E-state index is 0.155. The van der Waals surface area contributed by atoms with Crippen LogP contribution < -0.4 is 16.0 Å². The summed E-state index contributed by atoms with van der Waals surface area (Å²) in [5.74, 6) is -0.155. The molecule has 2 aromatic rings. The van der Waals surface area contributed by atoms with Crippen LogP contribution in [-0.2, 0) is 0 Å². The quantitative estimate of drug-likeness (QED) is 0.827. The van der Waals surface area contributed by atoms with Crippen molar-refractivity contribution in [3.05, 3.63) is 54.1 Å². The lowest BCUT2D eigenvalue weighted by molar-refractivity contribution is 0.102. The van der Waals surface area contributed by atoms with Crippen LogP contribution in [0.25, 0.3) is 0 Å². The molecule has 0 atom stereocenters. The molecule has 0 spiro atoms. The first-order chi connectivity index (χ1) is 10.1. The number of carbonyl (C=O) groups is 1. The predicted octanol–water partition coefficient (Wildman–Crippen LogP) is 3.37. The van der Waals surface area contributed by atoms with Crippen LogP contribution in [0.3, 0.4) is 0 Å². The van der Waals surface area contributed by atoms with Crippen LogP contribution in [0.15, 0.2) is 48.5 Å². The van der Waals surface area contributed by atoms with E-state index in [0.29, 0.717) is 11.3 Å². The zero-order valence-corrected chi connectivity index (χ0v) is 12.5. The number of carbonyl (C=O) groups excluding carboxylic acids is 1. The van der Waals surface area contributed by atoms with Gasteiger partial charge in [0.1, 0.15) is 0 Å². The molecule has 0 aliphatic heterocycles. The first-order valence-electron chi connectivity index (χ1n) is 7.16. The van der Waals surface area contributed by atoms with Crippen LogP contribution in [0.5, 0.6) is 0 Å². The van der Waals surface area contributed by atoms with Crippen LogP contribution in [0.4, 0.5) is 17.1 Å². The van der Waals surface area contributed by atoms with Crippen LogP contribution in [0, 0.1) is 0 Å². The highest BCUT2D eigenvalue weighted by molar-refractivity contribution is 6.04. The van der Waals surface area contributed by atoms with Gasteiger partial charge in [-0.25, -0.2) is 0 Å². The number of nitrogen functional groups attached to an aromatic ring is 1. The van der Waals surface area contributed by atoms with Crippen molar-refractivity contribution in [1.29, 1.82) is 0 Å². The highest BCUT2D eigenvalue weighted by atomic mass is 16.1. The van der Waals surface area contributed by atoms with Crippen molar-refractivity contribution in [3.63, 3.8) is 0 Å². The van der Waals surface area contributed by atoms with Crippen LogP contribution >= 0.6 is 0 Å². The van der Waals surface area contributed by atoms with Crippen molar-refractivity contribution in [2.75, 3.05) is 29.0 Å². The number of hydrogen-bond acceptors (Lipinski definition) is 3. The molecule has 0 aromatic heterocycles. The summed E-state index contributed by atoms with van der Waals surface area (Å²) in [6.45, 7) is 6.18. The van der Waals surface area contributed by atoms with E-state index in [2.05, 4.69) is 24.1 Å². The first-order valence-corrected chi connectivity index (χ1v) is 7.16. The van der Waals surface area contributed by atoms with E-state index in [1.807, 2.05) is 24.3 Å². The van der Waals surface area contributed by atoms with Crippen molar-refractivity contribution in [1.82, 2.24) is 0 Å². The van der Waals surface area contributed by atoms with Crippen molar-refractivity contribution in [2.45, 2.75) is 13.8 Å². The average Bonchev–Trinajstić information content (AvgIpc) is 2.50. The van der Waals surface area contributed by atoms with Crippen LogP contribution in [-0.4, -0.2) is 19.0 Å². The summed E-state index contributed by atoms with van der Waals surface area (Å²) in [6.07, 6.45) is 0. The third-order valence-electron chi connectivity index (χ3n) is 3.40. The molecule has 3 N–H and O–H groups in total. The van der Waals surface area contributed by atoms with E-state index in [0.717, 1.165) is 24.5 Å². The minimum Gasteiger partial charge on any atom is -0.399 e. The van der Waals surface area contributed by atoms with Gasteiger partial charge in [-0.2, -0.15) is 0 Å². The Labute approximate surface area is 125 Å². The fourth-order valence-corrected chi connectivity index (χ4v) is 2.23. The first kappa shape index (κ1) is 14.9. The maximum atomic E-state index is 12.1. The van der Waals surface area contributed by atoms with E-state index in [1.54, 1.807) is 24.3 Å². The summed E-state index contributed by atoms with van der Waals surface area (Å²) in [7, 11) is 0. The van der Waals surface area contributed by atoms with E-state index in [1.165, 1.54) is 0 Å². The second-order valence-corrected chi connectivity index (χ2v) is 4.80. The molecule has 4 heteroatoms. The second kappa shape index (κ2) is 6.79. The molecule has 0 saturated carbocycles. The third kappa shape index (κ3) is 3.75. The molecular weight excluding hydrogens is 262 g/mol. The smallest absolute Gasteiger partial charge is 0.255 e. The van der Waals surface area contributed by atoms with Crippen LogP contribution in [0.2, 0.25) is 0 Å². The van der Waals surface area contributed by atoms with E-state index >= 15 is 0 Å². The Bertz CT molecular complexity index is 604. The zero-order valence-electron chi connectivity index (χ0n) is 12.5. The molecule has 0 bridgehead atoms. The van der Waals surface area contributed by atoms with E-state index in [-0.39, 0.29) is 5.91 Å². The maximum absolute atomic E-state index is 12.1. The van der Waals surface area contributed by atoms with Gasteiger partial charge in [0.2, 0.25) is 0 Å². The molecule has 0 fully saturated rings. The summed E-state index contributed by atoms with van der Waals surface area (Å²) >= 11 is 0. The molecule has 110 valence electrons. The average molecular weight is 283 g/mol. The standard InChI is InChI=1S/C17H21N3O/c1-3-20(4-2)16-10-8-15(9-11-16)19-17(21)13-6-5-7-14(18)12-13/h5-12H,3-4,18H2,1-2H3,(H,19,21). The lowest BCUT2D eigenvalue weighted by atomic mass is 10.2. The van der Waals surface area contributed by atoms with Gasteiger partial charge in [-0.1, -0.05) is 6.07 Å². The predicted molar refractivity (Wildman–Crippen MR) is 88.8 cm³/mol. The summed E-state index contributed by atoms with van der Waals surface area (Å²) in [6, 6.07) is 14.8. The normalized spacial score (nSPS) is 10.2. The summed E-state index contributed by atoms with van der Waals surface area (Å²) in [5.41, 5.74) is 8.76. The molecule has 0 saturated heterocycles. The fraction of sp³-hybridized carbons (Fsp3) is 0.235. The lowest BCUT2D eigenvalue weighted by Gasteiger charge is -2.21. The van der Waals surface area contributed by atoms with Crippen molar-refractivity contribution in [2.24, 2.45) is 0 Å². The monoisotopic (exact) mass is 283 g/mol. The molecule has 0 aliphatic carbocycles. The molecular formula is C17H21N3O.